The summed E-state index contributed by atoms with van der Waals surface area (Å²) < 4.78 is 0. The predicted octanol–water partition coefficient (Wildman–Crippen LogP) is 2.73. The summed E-state index contributed by atoms with van der Waals surface area (Å²) in [6, 6.07) is 8.43. The third-order valence-electron chi connectivity index (χ3n) is 3.83. The molecule has 1 aliphatic rings. The van der Waals surface area contributed by atoms with E-state index in [0.717, 1.165) is 53.2 Å². The van der Waals surface area contributed by atoms with E-state index in [9.17, 15) is 0 Å². The van der Waals surface area contributed by atoms with Crippen molar-refractivity contribution in [1.29, 1.82) is 0 Å². The molecule has 1 aliphatic heterocycles. The standard InChI is InChI=1S/C15H18ClN3/c1-10-12-4-2-3-5-13(12)18-14(15(10)16)9-19-7-6-11(17)8-19/h2-5,11H,6-9,17H2,1H3. The molecule has 1 aromatic carbocycles. The molecule has 4 heteroatoms. The molecule has 0 amide bonds. The van der Waals surface area contributed by atoms with Crippen LogP contribution in [0.5, 0.6) is 0 Å². The monoisotopic (exact) mass is 275 g/mol. The molecule has 1 unspecified atom stereocenters. The lowest BCUT2D eigenvalue weighted by atomic mass is 10.1. The summed E-state index contributed by atoms with van der Waals surface area (Å²) in [7, 11) is 0. The van der Waals surface area contributed by atoms with Crippen LogP contribution in [-0.4, -0.2) is 29.0 Å². The number of aromatic nitrogens is 1. The van der Waals surface area contributed by atoms with Crippen LogP contribution in [0.1, 0.15) is 17.7 Å². The maximum Gasteiger partial charge on any atom is 0.0740 e. The molecule has 1 fully saturated rings. The van der Waals surface area contributed by atoms with Gasteiger partial charge in [0, 0.05) is 31.1 Å². The number of nitrogens with two attached hydrogens (primary N) is 1. The Kier molecular flexibility index (Phi) is 3.44. The number of nitrogens with zero attached hydrogens (tertiary/aromatic N) is 2. The van der Waals surface area contributed by atoms with Gasteiger partial charge in [0.15, 0.2) is 0 Å². The van der Waals surface area contributed by atoms with Crippen LogP contribution in [-0.2, 0) is 6.54 Å². The molecule has 3 rings (SSSR count). The first-order valence-electron chi connectivity index (χ1n) is 6.67. The molecule has 0 radical (unpaired) electrons. The summed E-state index contributed by atoms with van der Waals surface area (Å²) in [5.74, 6) is 0. The number of hydrogen-bond acceptors (Lipinski definition) is 3. The zero-order chi connectivity index (χ0) is 13.4. The third-order valence-corrected chi connectivity index (χ3v) is 4.33. The third kappa shape index (κ3) is 2.46. The van der Waals surface area contributed by atoms with Gasteiger partial charge < -0.3 is 5.73 Å². The van der Waals surface area contributed by atoms with E-state index in [1.54, 1.807) is 0 Å². The van der Waals surface area contributed by atoms with Crippen LogP contribution in [0.4, 0.5) is 0 Å². The van der Waals surface area contributed by atoms with Crippen molar-refractivity contribution < 1.29 is 0 Å². The minimum atomic E-state index is 0.292. The predicted molar refractivity (Wildman–Crippen MR) is 79.4 cm³/mol. The maximum absolute atomic E-state index is 6.47. The van der Waals surface area contributed by atoms with Gasteiger partial charge >= 0.3 is 0 Å². The zero-order valence-corrected chi connectivity index (χ0v) is 11.8. The van der Waals surface area contributed by atoms with Crippen molar-refractivity contribution in [3.05, 3.63) is 40.5 Å². The minimum absolute atomic E-state index is 0.292. The van der Waals surface area contributed by atoms with Crippen LogP contribution in [0.25, 0.3) is 10.9 Å². The fraction of sp³-hybridized carbons (Fsp3) is 0.400. The van der Waals surface area contributed by atoms with E-state index in [0.29, 0.717) is 6.04 Å². The fourth-order valence-corrected chi connectivity index (χ4v) is 2.94. The molecule has 1 saturated heterocycles. The second-order valence-corrected chi connectivity index (χ2v) is 5.68. The van der Waals surface area contributed by atoms with Gasteiger partial charge in [-0.05, 0) is 25.0 Å². The topological polar surface area (TPSA) is 42.1 Å². The quantitative estimate of drug-likeness (QED) is 0.916. The Morgan fingerprint density at radius 3 is 2.95 bits per heavy atom. The highest BCUT2D eigenvalue weighted by atomic mass is 35.5. The number of pyridine rings is 1. The second kappa shape index (κ2) is 5.08. The Morgan fingerprint density at radius 2 is 2.21 bits per heavy atom. The van der Waals surface area contributed by atoms with Crippen LogP contribution in [0.15, 0.2) is 24.3 Å². The number of aryl methyl sites for hydroxylation is 1. The van der Waals surface area contributed by atoms with E-state index in [4.69, 9.17) is 22.3 Å². The zero-order valence-electron chi connectivity index (χ0n) is 11.1. The van der Waals surface area contributed by atoms with Gasteiger partial charge in [0.05, 0.1) is 16.2 Å². The number of rotatable bonds is 2. The van der Waals surface area contributed by atoms with Crippen molar-refractivity contribution in [2.24, 2.45) is 5.73 Å². The first-order chi connectivity index (χ1) is 9.15. The van der Waals surface area contributed by atoms with Crippen LogP contribution < -0.4 is 5.73 Å². The lowest BCUT2D eigenvalue weighted by Crippen LogP contribution is -2.26. The maximum atomic E-state index is 6.47. The van der Waals surface area contributed by atoms with Gasteiger partial charge in [0.1, 0.15) is 0 Å². The highest BCUT2D eigenvalue weighted by molar-refractivity contribution is 6.32. The SMILES string of the molecule is Cc1c(Cl)c(CN2CCC(N)C2)nc2ccccc12. The van der Waals surface area contributed by atoms with Gasteiger partial charge in [-0.15, -0.1) is 0 Å². The largest absolute Gasteiger partial charge is 0.326 e. The lowest BCUT2D eigenvalue weighted by molar-refractivity contribution is 0.323. The van der Waals surface area contributed by atoms with Gasteiger partial charge in [-0.3, -0.25) is 4.90 Å². The van der Waals surface area contributed by atoms with Crippen LogP contribution >= 0.6 is 11.6 Å². The molecule has 0 aliphatic carbocycles. The van der Waals surface area contributed by atoms with Crippen LogP contribution in [0.2, 0.25) is 5.02 Å². The molecule has 0 spiro atoms. The Bertz CT molecular complexity index is 612. The molecular formula is C15H18ClN3. The Hall–Kier alpha value is -1.16. The molecule has 2 aromatic rings. The Morgan fingerprint density at radius 1 is 1.42 bits per heavy atom. The molecule has 0 bridgehead atoms. The Balaban J connectivity index is 1.97. The van der Waals surface area contributed by atoms with Crippen molar-refractivity contribution in [1.82, 2.24) is 9.88 Å². The van der Waals surface area contributed by atoms with E-state index >= 15 is 0 Å². The summed E-state index contributed by atoms with van der Waals surface area (Å²) in [4.78, 5) is 7.04. The molecule has 1 aromatic heterocycles. The average Bonchev–Trinajstić information content (AvgIpc) is 2.81. The minimum Gasteiger partial charge on any atom is -0.326 e. The van der Waals surface area contributed by atoms with Crippen LogP contribution in [0.3, 0.4) is 0 Å². The highest BCUT2D eigenvalue weighted by Gasteiger charge is 2.21. The first-order valence-corrected chi connectivity index (χ1v) is 7.04. The molecule has 0 saturated carbocycles. The average molecular weight is 276 g/mol. The summed E-state index contributed by atoms with van der Waals surface area (Å²) in [5.41, 5.74) is 9.04. The molecule has 2 N–H and O–H groups in total. The number of para-hydroxylation sites is 1. The molecule has 19 heavy (non-hydrogen) atoms. The molecular weight excluding hydrogens is 258 g/mol. The van der Waals surface area contributed by atoms with Gasteiger partial charge in [-0.1, -0.05) is 29.8 Å². The smallest absolute Gasteiger partial charge is 0.0740 e. The van der Waals surface area contributed by atoms with Crippen molar-refractivity contribution in [3.8, 4) is 0 Å². The molecule has 3 nitrogen and oxygen atoms in total. The summed E-state index contributed by atoms with van der Waals surface area (Å²) in [6.45, 7) is 4.82. The van der Waals surface area contributed by atoms with Gasteiger partial charge in [0.25, 0.3) is 0 Å². The van der Waals surface area contributed by atoms with E-state index in [1.807, 2.05) is 18.2 Å². The number of benzene rings is 1. The van der Waals surface area contributed by atoms with Gasteiger partial charge in [-0.25, -0.2) is 4.98 Å². The van der Waals surface area contributed by atoms with Gasteiger partial charge in [0.2, 0.25) is 0 Å². The van der Waals surface area contributed by atoms with Crippen molar-refractivity contribution in [3.63, 3.8) is 0 Å². The summed E-state index contributed by atoms with van der Waals surface area (Å²) in [6.07, 6.45) is 1.06. The van der Waals surface area contributed by atoms with E-state index in [2.05, 4.69) is 17.9 Å². The molecule has 1 atom stereocenters. The fourth-order valence-electron chi connectivity index (χ4n) is 2.74. The normalized spacial score (nSPS) is 20.3. The van der Waals surface area contributed by atoms with E-state index < -0.39 is 0 Å². The van der Waals surface area contributed by atoms with Crippen LogP contribution in [0, 0.1) is 6.92 Å². The highest BCUT2D eigenvalue weighted by Crippen LogP contribution is 2.28. The Labute approximate surface area is 118 Å². The van der Waals surface area contributed by atoms with Crippen molar-refractivity contribution in [2.45, 2.75) is 25.9 Å². The first kappa shape index (κ1) is 12.9. The second-order valence-electron chi connectivity index (χ2n) is 5.30. The lowest BCUT2D eigenvalue weighted by Gasteiger charge is -2.17. The van der Waals surface area contributed by atoms with E-state index in [1.165, 1.54) is 0 Å². The van der Waals surface area contributed by atoms with E-state index in [-0.39, 0.29) is 0 Å². The summed E-state index contributed by atoms with van der Waals surface area (Å²) in [5, 5.41) is 1.92. The number of likely N-dealkylation sites (tertiary alicyclic amines) is 1. The molecule has 100 valence electrons. The van der Waals surface area contributed by atoms with Gasteiger partial charge in [-0.2, -0.15) is 0 Å². The summed E-state index contributed by atoms with van der Waals surface area (Å²) >= 11 is 6.47. The number of fused-ring (bicyclic) bond motifs is 1. The molecule has 2 heterocycles. The van der Waals surface area contributed by atoms with Crippen molar-refractivity contribution >= 4 is 22.5 Å². The van der Waals surface area contributed by atoms with Crippen molar-refractivity contribution in [2.75, 3.05) is 13.1 Å². The number of halogens is 1. The number of hydrogen-bond donors (Lipinski definition) is 1.